The van der Waals surface area contributed by atoms with E-state index in [1.54, 1.807) is 29.1 Å². The van der Waals surface area contributed by atoms with Crippen LogP contribution in [0.1, 0.15) is 19.8 Å². The van der Waals surface area contributed by atoms with Crippen molar-refractivity contribution in [2.24, 2.45) is 11.8 Å². The molecule has 126 valence electrons. The Kier molecular flexibility index (Phi) is 4.85. The molecule has 2 N–H and O–H groups in total. The summed E-state index contributed by atoms with van der Waals surface area (Å²) in [5.41, 5.74) is 0.763. The summed E-state index contributed by atoms with van der Waals surface area (Å²) in [6.07, 6.45) is 2.76. The second-order valence-corrected chi connectivity index (χ2v) is 6.45. The topological polar surface area (TPSA) is 76.0 Å². The maximum atomic E-state index is 12.1. The lowest BCUT2D eigenvalue weighted by molar-refractivity contribution is -0.122. The number of benzene rings is 1. The molecule has 0 spiro atoms. The summed E-state index contributed by atoms with van der Waals surface area (Å²) in [4.78, 5) is 23.8. The summed E-state index contributed by atoms with van der Waals surface area (Å²) in [6.45, 7) is 2.38. The largest absolute Gasteiger partial charge is 0.355 e. The van der Waals surface area contributed by atoms with Crippen molar-refractivity contribution in [2.75, 3.05) is 11.9 Å². The molecule has 24 heavy (non-hydrogen) atoms. The molecule has 1 aromatic heterocycles. The second kappa shape index (κ2) is 7.05. The zero-order valence-corrected chi connectivity index (χ0v) is 14.1. The van der Waals surface area contributed by atoms with Gasteiger partial charge in [0.25, 0.3) is 0 Å². The van der Waals surface area contributed by atoms with Gasteiger partial charge in [0.05, 0.1) is 11.9 Å². The Labute approximate surface area is 145 Å². The lowest BCUT2D eigenvalue weighted by Crippen LogP contribution is -2.29. The van der Waals surface area contributed by atoms with Crippen molar-refractivity contribution in [3.8, 4) is 5.69 Å². The molecule has 0 bridgehead atoms. The lowest BCUT2D eigenvalue weighted by atomic mass is 10.3. The number of rotatable bonds is 6. The van der Waals surface area contributed by atoms with E-state index in [1.807, 2.05) is 19.1 Å². The Morgan fingerprint density at radius 3 is 2.88 bits per heavy atom. The molecule has 1 aliphatic rings. The van der Waals surface area contributed by atoms with Gasteiger partial charge in [0.15, 0.2) is 0 Å². The lowest BCUT2D eigenvalue weighted by Gasteiger charge is -2.09. The maximum Gasteiger partial charge on any atom is 0.227 e. The number of aromatic nitrogens is 2. The molecule has 2 atom stereocenters. The van der Waals surface area contributed by atoms with E-state index in [9.17, 15) is 9.59 Å². The third-order valence-corrected chi connectivity index (χ3v) is 4.30. The highest BCUT2D eigenvalue weighted by Gasteiger charge is 2.38. The normalized spacial score (nSPS) is 18.9. The highest BCUT2D eigenvalue weighted by molar-refractivity contribution is 6.30. The molecule has 7 heteroatoms. The van der Waals surface area contributed by atoms with Gasteiger partial charge in [-0.05, 0) is 30.5 Å². The quantitative estimate of drug-likeness (QED) is 0.844. The molecule has 2 aromatic rings. The number of halogens is 1. The Morgan fingerprint density at radius 1 is 1.38 bits per heavy atom. The number of carbonyl (C=O) groups is 2. The summed E-state index contributed by atoms with van der Waals surface area (Å²) in [5.74, 6) is 1.01. The van der Waals surface area contributed by atoms with Crippen LogP contribution >= 0.6 is 11.6 Å². The van der Waals surface area contributed by atoms with Gasteiger partial charge in [0.1, 0.15) is 5.82 Å². The third kappa shape index (κ3) is 3.94. The first-order valence-electron chi connectivity index (χ1n) is 7.92. The fraction of sp³-hybridized carbons (Fsp3) is 0.353. The number of hydrogen-bond donors (Lipinski definition) is 2. The highest BCUT2D eigenvalue weighted by Crippen LogP contribution is 2.37. The molecule has 0 radical (unpaired) electrons. The maximum absolute atomic E-state index is 12.1. The fourth-order valence-electron chi connectivity index (χ4n) is 2.53. The zero-order chi connectivity index (χ0) is 17.1. The first-order chi connectivity index (χ1) is 11.5. The number of hydrogen-bond acceptors (Lipinski definition) is 3. The predicted molar refractivity (Wildman–Crippen MR) is 92.1 cm³/mol. The Hall–Kier alpha value is -2.34. The van der Waals surface area contributed by atoms with Crippen LogP contribution < -0.4 is 10.6 Å². The zero-order valence-electron chi connectivity index (χ0n) is 13.3. The molecule has 3 rings (SSSR count). The number of amides is 2. The highest BCUT2D eigenvalue weighted by atomic mass is 35.5. The van der Waals surface area contributed by atoms with Gasteiger partial charge in [-0.15, -0.1) is 0 Å². The SMILES string of the molecule is CC1CC1C(=O)NCCC(=O)Nc1ccnn1-c1cccc(Cl)c1. The average Bonchev–Trinajstić information content (AvgIpc) is 3.10. The molecule has 1 saturated carbocycles. The number of nitrogens with zero attached hydrogens (tertiary/aromatic N) is 2. The monoisotopic (exact) mass is 346 g/mol. The van der Waals surface area contributed by atoms with E-state index in [0.717, 1.165) is 12.1 Å². The first kappa shape index (κ1) is 16.5. The predicted octanol–water partition coefficient (Wildman–Crippen LogP) is 2.63. The Morgan fingerprint density at radius 2 is 2.17 bits per heavy atom. The van der Waals surface area contributed by atoms with Gasteiger partial charge < -0.3 is 10.6 Å². The van der Waals surface area contributed by atoms with E-state index in [4.69, 9.17) is 11.6 Å². The van der Waals surface area contributed by atoms with E-state index in [2.05, 4.69) is 15.7 Å². The molecule has 2 amide bonds. The van der Waals surface area contributed by atoms with Crippen LogP contribution in [0.5, 0.6) is 0 Å². The molecule has 2 unspecified atom stereocenters. The summed E-state index contributed by atoms with van der Waals surface area (Å²) < 4.78 is 1.61. The first-order valence-corrected chi connectivity index (χ1v) is 8.30. The molecule has 1 aromatic carbocycles. The van der Waals surface area contributed by atoms with Gasteiger partial charge >= 0.3 is 0 Å². The summed E-state index contributed by atoms with van der Waals surface area (Å²) >= 11 is 5.99. The van der Waals surface area contributed by atoms with Gasteiger partial charge in [-0.2, -0.15) is 5.10 Å². The van der Waals surface area contributed by atoms with Crippen molar-refractivity contribution in [1.29, 1.82) is 0 Å². The number of anilines is 1. The Balaban J connectivity index is 1.54. The molecule has 0 saturated heterocycles. The standard InChI is InChI=1S/C17H19ClN4O2/c1-11-9-14(11)17(24)19-7-6-16(23)21-15-5-8-20-22(15)13-4-2-3-12(18)10-13/h2-5,8,10-11,14H,6-7,9H2,1H3,(H,19,24)(H,21,23). The van der Waals surface area contributed by atoms with Crippen LogP contribution in [0.4, 0.5) is 5.82 Å². The molecule has 6 nitrogen and oxygen atoms in total. The van der Waals surface area contributed by atoms with E-state index >= 15 is 0 Å². The van der Waals surface area contributed by atoms with Crippen LogP contribution in [0.3, 0.4) is 0 Å². The molecule has 1 fully saturated rings. The van der Waals surface area contributed by atoms with Crippen molar-refractivity contribution in [3.05, 3.63) is 41.6 Å². The minimum absolute atomic E-state index is 0.0410. The summed E-state index contributed by atoms with van der Waals surface area (Å²) in [5, 5.41) is 10.4. The van der Waals surface area contributed by atoms with E-state index in [1.165, 1.54) is 0 Å². The molecule has 1 heterocycles. The van der Waals surface area contributed by atoms with Gasteiger partial charge in [0.2, 0.25) is 11.8 Å². The molecular formula is C17H19ClN4O2. The molecule has 0 aliphatic heterocycles. The van der Waals surface area contributed by atoms with Gasteiger partial charge in [-0.25, -0.2) is 4.68 Å². The van der Waals surface area contributed by atoms with Crippen molar-refractivity contribution >= 4 is 29.2 Å². The van der Waals surface area contributed by atoms with E-state index in [0.29, 0.717) is 23.3 Å². The summed E-state index contributed by atoms with van der Waals surface area (Å²) in [7, 11) is 0. The summed E-state index contributed by atoms with van der Waals surface area (Å²) in [6, 6.07) is 8.92. The van der Waals surface area contributed by atoms with Crippen LogP contribution in [0, 0.1) is 11.8 Å². The van der Waals surface area contributed by atoms with Gasteiger partial charge in [0, 0.05) is 30.0 Å². The van der Waals surface area contributed by atoms with Crippen molar-refractivity contribution < 1.29 is 9.59 Å². The fourth-order valence-corrected chi connectivity index (χ4v) is 2.72. The Bertz CT molecular complexity index is 759. The van der Waals surface area contributed by atoms with Gasteiger partial charge in [-0.1, -0.05) is 24.6 Å². The number of nitrogens with one attached hydrogen (secondary N) is 2. The van der Waals surface area contributed by atoms with Crippen molar-refractivity contribution in [2.45, 2.75) is 19.8 Å². The van der Waals surface area contributed by atoms with E-state index in [-0.39, 0.29) is 24.2 Å². The number of carbonyl (C=O) groups excluding carboxylic acids is 2. The molecular weight excluding hydrogens is 328 g/mol. The molecule has 1 aliphatic carbocycles. The van der Waals surface area contributed by atoms with Crippen LogP contribution in [0.25, 0.3) is 5.69 Å². The average molecular weight is 347 g/mol. The minimum atomic E-state index is -0.178. The third-order valence-electron chi connectivity index (χ3n) is 4.06. The van der Waals surface area contributed by atoms with Gasteiger partial charge in [-0.3, -0.25) is 9.59 Å². The van der Waals surface area contributed by atoms with Crippen LogP contribution in [0.15, 0.2) is 36.5 Å². The van der Waals surface area contributed by atoms with Crippen molar-refractivity contribution in [1.82, 2.24) is 15.1 Å². The van der Waals surface area contributed by atoms with Crippen LogP contribution in [-0.2, 0) is 9.59 Å². The minimum Gasteiger partial charge on any atom is -0.355 e. The van der Waals surface area contributed by atoms with E-state index < -0.39 is 0 Å². The van der Waals surface area contributed by atoms with Crippen LogP contribution in [-0.4, -0.2) is 28.1 Å². The van der Waals surface area contributed by atoms with Crippen LogP contribution in [0.2, 0.25) is 5.02 Å². The second-order valence-electron chi connectivity index (χ2n) is 6.02. The smallest absolute Gasteiger partial charge is 0.227 e. The van der Waals surface area contributed by atoms with Crippen molar-refractivity contribution in [3.63, 3.8) is 0 Å².